The lowest BCUT2D eigenvalue weighted by Crippen LogP contribution is -2.30. The summed E-state index contributed by atoms with van der Waals surface area (Å²) in [5, 5.41) is 10.7. The maximum Gasteiger partial charge on any atom is 0.472 e. The van der Waals surface area contributed by atoms with E-state index in [1.54, 1.807) is 0 Å². The number of phosphoric ester groups is 2. The Labute approximate surface area is 656 Å². The van der Waals surface area contributed by atoms with Gasteiger partial charge in [0, 0.05) is 25.7 Å². The van der Waals surface area contributed by atoms with Crippen LogP contribution in [-0.2, 0) is 65.4 Å². The molecule has 5 atom stereocenters. The molecule has 0 heterocycles. The van der Waals surface area contributed by atoms with Gasteiger partial charge >= 0.3 is 39.5 Å². The van der Waals surface area contributed by atoms with E-state index in [1.807, 2.05) is 0 Å². The summed E-state index contributed by atoms with van der Waals surface area (Å²) in [5.74, 6) is -2.25. The maximum atomic E-state index is 13.1. The average Bonchev–Trinajstić information content (AvgIpc) is 0.896. The Bertz CT molecular complexity index is 2610. The summed E-state index contributed by atoms with van der Waals surface area (Å²) in [6, 6.07) is 0. The lowest BCUT2D eigenvalue weighted by Gasteiger charge is -2.21. The van der Waals surface area contributed by atoms with Crippen molar-refractivity contribution in [2.24, 2.45) is 0 Å². The first kappa shape index (κ1) is 103. The second-order valence-electron chi connectivity index (χ2n) is 27.7. The van der Waals surface area contributed by atoms with Gasteiger partial charge in [-0.05, 0) is 173 Å². The molecule has 108 heavy (non-hydrogen) atoms. The van der Waals surface area contributed by atoms with Gasteiger partial charge in [-0.2, -0.15) is 0 Å². The molecule has 3 N–H and O–H groups in total. The van der Waals surface area contributed by atoms with E-state index in [0.717, 1.165) is 199 Å². The number of ether oxygens (including phenoxy) is 4. The smallest absolute Gasteiger partial charge is 0.462 e. The fourth-order valence-electron chi connectivity index (χ4n) is 10.8. The Kier molecular flexibility index (Phi) is 76.3. The number of aliphatic hydroxyl groups is 1. The molecule has 0 aliphatic carbocycles. The van der Waals surface area contributed by atoms with Gasteiger partial charge in [-0.3, -0.25) is 37.3 Å². The largest absolute Gasteiger partial charge is 0.472 e. The van der Waals surface area contributed by atoms with Crippen LogP contribution in [0.1, 0.15) is 336 Å². The number of esters is 4. The van der Waals surface area contributed by atoms with E-state index in [4.69, 9.17) is 37.0 Å². The van der Waals surface area contributed by atoms with Gasteiger partial charge in [0.25, 0.3) is 0 Å². The molecule has 17 nitrogen and oxygen atoms in total. The molecular formula is C89H150O17P2. The fourth-order valence-corrected chi connectivity index (χ4v) is 12.4. The standard InChI is InChI=1S/C89H150O17P2/c1-5-9-13-17-21-25-29-33-37-39-41-43-47-50-54-58-62-66-70-74-87(92)100-80-85(106-89(94)76-72-68-64-60-56-52-48-44-42-40-38-34-30-26-22-18-14-10-6-2)82-104-108(97,98)102-78-83(90)77-101-107(95,96)103-81-84(105-88(93)75-71-67-63-59-55-51-46-36-32-28-24-20-16-12-8-4)79-99-86(91)73-69-65-61-57-53-49-45-35-31-27-23-19-15-11-7-3/h9,13,21-28,33-38,41-46,50,54,83-85,90H,5-8,10-12,14-20,29-32,39-40,47-49,51-53,55-82H2,1-4H3,(H,95,96)(H,97,98)/b13-9-,25-21-,26-22-,27-23-,28-24-,37-33-,38-34-,43-41-,44-42-,45-35-,46-36-,54-50-. The molecule has 0 aromatic heterocycles. The zero-order chi connectivity index (χ0) is 78.9. The summed E-state index contributed by atoms with van der Waals surface area (Å²) in [5.41, 5.74) is 0. The highest BCUT2D eigenvalue weighted by Gasteiger charge is 2.30. The van der Waals surface area contributed by atoms with Gasteiger partial charge in [0.05, 0.1) is 26.4 Å². The minimum Gasteiger partial charge on any atom is -0.462 e. The molecule has 0 bridgehead atoms. The zero-order valence-electron chi connectivity index (χ0n) is 67.7. The fraction of sp³-hybridized carbons (Fsp3) is 0.685. The van der Waals surface area contributed by atoms with E-state index in [0.29, 0.717) is 25.7 Å². The van der Waals surface area contributed by atoms with Gasteiger partial charge in [0.2, 0.25) is 0 Å². The maximum absolute atomic E-state index is 13.1. The Morgan fingerprint density at radius 2 is 0.481 bits per heavy atom. The summed E-state index contributed by atoms with van der Waals surface area (Å²) >= 11 is 0. The Hall–Kier alpha value is -5.06. The van der Waals surface area contributed by atoms with Crippen LogP contribution in [0.3, 0.4) is 0 Å². The van der Waals surface area contributed by atoms with Gasteiger partial charge in [-0.1, -0.05) is 283 Å². The first-order valence-electron chi connectivity index (χ1n) is 42.1. The molecule has 0 amide bonds. The van der Waals surface area contributed by atoms with Crippen molar-refractivity contribution < 1.29 is 80.2 Å². The number of carbonyl (C=O) groups excluding carboxylic acids is 4. The van der Waals surface area contributed by atoms with Gasteiger partial charge < -0.3 is 33.8 Å². The third-order valence-corrected chi connectivity index (χ3v) is 19.2. The Balaban J connectivity index is 5.45. The predicted molar refractivity (Wildman–Crippen MR) is 445 cm³/mol. The summed E-state index contributed by atoms with van der Waals surface area (Å²) < 4.78 is 68.7. The van der Waals surface area contributed by atoms with Gasteiger partial charge in [-0.25, -0.2) is 9.13 Å². The molecule has 5 unspecified atom stereocenters. The molecule has 19 heteroatoms. The zero-order valence-corrected chi connectivity index (χ0v) is 69.5. The molecular weight excluding hydrogens is 1400 g/mol. The molecule has 0 aromatic rings. The number of rotatable bonds is 78. The van der Waals surface area contributed by atoms with E-state index in [2.05, 4.69) is 174 Å². The minimum absolute atomic E-state index is 0.0680. The van der Waals surface area contributed by atoms with Gasteiger partial charge in [-0.15, -0.1) is 0 Å². The number of unbranched alkanes of at least 4 members (excludes halogenated alkanes) is 28. The van der Waals surface area contributed by atoms with Crippen molar-refractivity contribution in [3.63, 3.8) is 0 Å². The van der Waals surface area contributed by atoms with Crippen LogP contribution in [-0.4, -0.2) is 96.7 Å². The molecule has 0 radical (unpaired) electrons. The van der Waals surface area contributed by atoms with Crippen LogP contribution in [0.4, 0.5) is 0 Å². The highest BCUT2D eigenvalue weighted by atomic mass is 31.2. The third kappa shape index (κ3) is 79.0. The topological polar surface area (TPSA) is 237 Å². The molecule has 0 saturated heterocycles. The van der Waals surface area contributed by atoms with Crippen molar-refractivity contribution in [2.75, 3.05) is 39.6 Å². The molecule has 0 saturated carbocycles. The monoisotopic (exact) mass is 1550 g/mol. The van der Waals surface area contributed by atoms with Crippen molar-refractivity contribution in [2.45, 2.75) is 354 Å². The van der Waals surface area contributed by atoms with Crippen LogP contribution >= 0.6 is 15.6 Å². The van der Waals surface area contributed by atoms with Crippen molar-refractivity contribution in [3.8, 4) is 0 Å². The number of carbonyl (C=O) groups is 4. The number of hydrogen-bond donors (Lipinski definition) is 3. The van der Waals surface area contributed by atoms with Crippen LogP contribution in [0.25, 0.3) is 0 Å². The van der Waals surface area contributed by atoms with Gasteiger partial charge in [0.1, 0.15) is 19.3 Å². The van der Waals surface area contributed by atoms with E-state index in [1.165, 1.54) is 57.8 Å². The van der Waals surface area contributed by atoms with Crippen molar-refractivity contribution >= 4 is 39.5 Å². The Morgan fingerprint density at radius 3 is 0.750 bits per heavy atom. The second-order valence-corrected chi connectivity index (χ2v) is 30.6. The van der Waals surface area contributed by atoms with E-state index in [9.17, 15) is 43.2 Å². The van der Waals surface area contributed by atoms with E-state index >= 15 is 0 Å². The quantitative estimate of drug-likeness (QED) is 0.0169. The summed E-state index contributed by atoms with van der Waals surface area (Å²) in [6.45, 7) is 4.62. The molecule has 0 aromatic carbocycles. The van der Waals surface area contributed by atoms with Crippen LogP contribution < -0.4 is 0 Å². The van der Waals surface area contributed by atoms with E-state index < -0.39 is 97.5 Å². The lowest BCUT2D eigenvalue weighted by molar-refractivity contribution is -0.161. The van der Waals surface area contributed by atoms with Crippen molar-refractivity contribution in [1.29, 1.82) is 0 Å². The SMILES string of the molecule is CC/C=C\C/C=C\C/C=C\C/C=C\C/C=C\CCCCCC(=O)OCC(COP(=O)(O)OCC(O)COP(=O)(O)OCC(COC(=O)CCCCCCC/C=C\C/C=C\CCCCC)OC(=O)CCCCCCC/C=C\C/C=C\CCCCC)OC(=O)CCCCCCCC/C=C\C/C=C\C/C=C\CCCCC. The molecule has 0 spiro atoms. The van der Waals surface area contributed by atoms with Gasteiger partial charge in [0.15, 0.2) is 12.2 Å². The molecule has 618 valence electrons. The number of allylic oxidation sites excluding steroid dienone is 24. The number of aliphatic hydroxyl groups excluding tert-OH is 1. The summed E-state index contributed by atoms with van der Waals surface area (Å²) in [7, 11) is -9.99. The molecule has 0 rings (SSSR count). The lowest BCUT2D eigenvalue weighted by atomic mass is 10.1. The van der Waals surface area contributed by atoms with Crippen LogP contribution in [0, 0.1) is 0 Å². The Morgan fingerprint density at radius 1 is 0.269 bits per heavy atom. The number of phosphoric acid groups is 2. The van der Waals surface area contributed by atoms with E-state index in [-0.39, 0.29) is 25.7 Å². The van der Waals surface area contributed by atoms with Crippen LogP contribution in [0.5, 0.6) is 0 Å². The highest BCUT2D eigenvalue weighted by molar-refractivity contribution is 7.47. The van der Waals surface area contributed by atoms with Crippen LogP contribution in [0.15, 0.2) is 146 Å². The van der Waals surface area contributed by atoms with Crippen molar-refractivity contribution in [3.05, 3.63) is 146 Å². The van der Waals surface area contributed by atoms with Crippen LogP contribution in [0.2, 0.25) is 0 Å². The average molecular weight is 1550 g/mol. The second kappa shape index (κ2) is 80.0. The summed E-state index contributed by atoms with van der Waals surface area (Å²) in [6.07, 6.45) is 92.3. The minimum atomic E-state index is -5.00. The predicted octanol–water partition coefficient (Wildman–Crippen LogP) is 25.0. The molecule has 0 aliphatic heterocycles. The third-order valence-electron chi connectivity index (χ3n) is 17.3. The molecule has 0 aliphatic rings. The summed E-state index contributed by atoms with van der Waals surface area (Å²) in [4.78, 5) is 73.2. The first-order valence-corrected chi connectivity index (χ1v) is 45.1. The van der Waals surface area contributed by atoms with Crippen molar-refractivity contribution in [1.82, 2.24) is 0 Å². The highest BCUT2D eigenvalue weighted by Crippen LogP contribution is 2.45. The molecule has 0 fully saturated rings. The normalized spacial score (nSPS) is 14.5. The first-order chi connectivity index (χ1) is 52.7. The number of hydrogen-bond acceptors (Lipinski definition) is 15.